The number of nitrogens with zero attached hydrogens (tertiary/aromatic N) is 1. The van der Waals surface area contributed by atoms with E-state index in [-0.39, 0.29) is 22.7 Å². The predicted octanol–water partition coefficient (Wildman–Crippen LogP) is 2.44. The fraction of sp³-hybridized carbons (Fsp3) is 0.238. The molecule has 154 valence electrons. The summed E-state index contributed by atoms with van der Waals surface area (Å²) in [5, 5.41) is 14.3. The van der Waals surface area contributed by atoms with Crippen LogP contribution in [0.2, 0.25) is 0 Å². The van der Waals surface area contributed by atoms with Crippen LogP contribution in [-0.4, -0.2) is 41.0 Å². The van der Waals surface area contributed by atoms with Crippen LogP contribution in [0.15, 0.2) is 36.4 Å². The Morgan fingerprint density at radius 2 is 1.70 bits per heavy atom. The van der Waals surface area contributed by atoms with Crippen molar-refractivity contribution in [1.29, 1.82) is 0 Å². The molecule has 1 unspecified atom stereocenters. The molecule has 0 heterocycles. The number of nitro benzene ring substituents is 1. The number of benzene rings is 2. The highest BCUT2D eigenvalue weighted by molar-refractivity contribution is 6.30. The van der Waals surface area contributed by atoms with Crippen molar-refractivity contribution in [3.63, 3.8) is 0 Å². The third-order valence-electron chi connectivity index (χ3n) is 4.82. The zero-order valence-electron chi connectivity index (χ0n) is 16.3. The van der Waals surface area contributed by atoms with Crippen LogP contribution < -0.4 is 5.32 Å². The largest absolute Gasteiger partial charge is 0.452 e. The zero-order chi connectivity index (χ0) is 22.0. The van der Waals surface area contributed by atoms with Gasteiger partial charge in [0.25, 0.3) is 11.6 Å². The fourth-order valence-electron chi connectivity index (χ4n) is 3.15. The van der Waals surface area contributed by atoms with E-state index in [4.69, 9.17) is 4.74 Å². The van der Waals surface area contributed by atoms with Crippen LogP contribution in [0.3, 0.4) is 0 Å². The lowest BCUT2D eigenvalue weighted by Crippen LogP contribution is -2.35. The molecule has 9 heteroatoms. The molecule has 2 aromatic rings. The maximum atomic E-state index is 12.9. The molecular formula is C21H18N2O7. The van der Waals surface area contributed by atoms with Crippen molar-refractivity contribution < 1.29 is 28.8 Å². The minimum absolute atomic E-state index is 0.0246. The van der Waals surface area contributed by atoms with Crippen molar-refractivity contribution in [2.24, 2.45) is 0 Å². The summed E-state index contributed by atoms with van der Waals surface area (Å²) in [6.07, 6.45) is 0.674. The van der Waals surface area contributed by atoms with Crippen molar-refractivity contribution in [2.45, 2.75) is 26.3 Å². The first-order chi connectivity index (χ1) is 14.3. The van der Waals surface area contributed by atoms with Crippen LogP contribution in [0.5, 0.6) is 0 Å². The number of carbonyl (C=O) groups is 4. The summed E-state index contributed by atoms with van der Waals surface area (Å²) >= 11 is 0. The topological polar surface area (TPSA) is 133 Å². The average molecular weight is 410 g/mol. The molecular weight excluding hydrogens is 392 g/mol. The molecule has 0 radical (unpaired) electrons. The van der Waals surface area contributed by atoms with Crippen LogP contribution in [0.1, 0.15) is 62.5 Å². The molecule has 0 aliphatic heterocycles. The number of nitro groups is 1. The highest BCUT2D eigenvalue weighted by atomic mass is 16.6. The molecule has 9 nitrogen and oxygen atoms in total. The van der Waals surface area contributed by atoms with Gasteiger partial charge in [0.2, 0.25) is 5.78 Å². The van der Waals surface area contributed by atoms with E-state index in [1.54, 1.807) is 13.0 Å². The highest BCUT2D eigenvalue weighted by Crippen LogP contribution is 2.35. The van der Waals surface area contributed by atoms with Gasteiger partial charge in [0.05, 0.1) is 4.92 Å². The minimum Gasteiger partial charge on any atom is -0.452 e. The van der Waals surface area contributed by atoms with Gasteiger partial charge in [-0.2, -0.15) is 0 Å². The Labute approximate surface area is 171 Å². The van der Waals surface area contributed by atoms with E-state index in [0.29, 0.717) is 6.42 Å². The first-order valence-electron chi connectivity index (χ1n) is 9.22. The Kier molecular flexibility index (Phi) is 5.72. The maximum absolute atomic E-state index is 12.9. The van der Waals surface area contributed by atoms with E-state index in [2.05, 4.69) is 5.32 Å². The van der Waals surface area contributed by atoms with Crippen molar-refractivity contribution >= 4 is 29.1 Å². The number of ketones is 2. The Bertz CT molecular complexity index is 1090. The molecule has 0 saturated carbocycles. The lowest BCUT2D eigenvalue weighted by molar-refractivity contribution is -0.385. The number of hydrogen-bond donors (Lipinski definition) is 1. The first kappa shape index (κ1) is 20.8. The van der Waals surface area contributed by atoms with Gasteiger partial charge in [0.1, 0.15) is 11.1 Å². The molecule has 1 aliphatic rings. The zero-order valence-corrected chi connectivity index (χ0v) is 16.3. The summed E-state index contributed by atoms with van der Waals surface area (Å²) in [4.78, 5) is 60.7. The third-order valence-corrected chi connectivity index (χ3v) is 4.82. The van der Waals surface area contributed by atoms with Gasteiger partial charge in [-0.25, -0.2) is 4.79 Å². The second kappa shape index (κ2) is 8.24. The van der Waals surface area contributed by atoms with Gasteiger partial charge in [0.15, 0.2) is 12.4 Å². The van der Waals surface area contributed by atoms with Gasteiger partial charge in [-0.15, -0.1) is 0 Å². The van der Waals surface area contributed by atoms with Gasteiger partial charge in [-0.3, -0.25) is 24.5 Å². The number of rotatable bonds is 6. The Hall–Kier alpha value is -3.88. The number of esters is 1. The summed E-state index contributed by atoms with van der Waals surface area (Å²) < 4.78 is 4.90. The van der Waals surface area contributed by atoms with Gasteiger partial charge >= 0.3 is 5.97 Å². The molecule has 0 fully saturated rings. The van der Waals surface area contributed by atoms with Crippen molar-refractivity contribution in [2.75, 3.05) is 6.61 Å². The highest BCUT2D eigenvalue weighted by Gasteiger charge is 2.39. The Morgan fingerprint density at radius 3 is 2.30 bits per heavy atom. The summed E-state index contributed by atoms with van der Waals surface area (Å²) in [6, 6.07) is 8.10. The molecule has 0 spiro atoms. The molecule has 1 N–H and O–H groups in total. The van der Waals surface area contributed by atoms with Crippen LogP contribution >= 0.6 is 0 Å². The summed E-state index contributed by atoms with van der Waals surface area (Å²) in [7, 11) is 0. The normalized spacial score (nSPS) is 13.1. The van der Waals surface area contributed by atoms with Crippen molar-refractivity contribution in [3.05, 3.63) is 74.3 Å². The SMILES string of the molecule is CCC(C)NC(=O)COC(=O)c1ccc2c(c1[N+](=O)[O-])C(=O)c1ccccc1C2=O. The number of nitrogens with one attached hydrogen (secondary N) is 1. The number of amides is 1. The molecule has 0 saturated heterocycles. The van der Waals surface area contributed by atoms with Crippen LogP contribution in [0.25, 0.3) is 0 Å². The van der Waals surface area contributed by atoms with Gasteiger partial charge < -0.3 is 10.1 Å². The number of ether oxygens (including phenoxy) is 1. The Balaban J connectivity index is 1.97. The minimum atomic E-state index is -1.14. The predicted molar refractivity (Wildman–Crippen MR) is 105 cm³/mol. The number of hydrogen-bond acceptors (Lipinski definition) is 7. The smallest absolute Gasteiger partial charge is 0.345 e. The second-order valence-corrected chi connectivity index (χ2v) is 6.80. The first-order valence-corrected chi connectivity index (χ1v) is 9.22. The second-order valence-electron chi connectivity index (χ2n) is 6.80. The van der Waals surface area contributed by atoms with E-state index in [1.165, 1.54) is 24.3 Å². The average Bonchev–Trinajstić information content (AvgIpc) is 2.74. The van der Waals surface area contributed by atoms with Crippen LogP contribution in [0, 0.1) is 10.1 Å². The molecule has 30 heavy (non-hydrogen) atoms. The van der Waals surface area contributed by atoms with Gasteiger partial charge in [0, 0.05) is 22.7 Å². The monoisotopic (exact) mass is 410 g/mol. The van der Waals surface area contributed by atoms with E-state index in [0.717, 1.165) is 6.07 Å². The van der Waals surface area contributed by atoms with Crippen molar-refractivity contribution in [1.82, 2.24) is 5.32 Å². The van der Waals surface area contributed by atoms with E-state index >= 15 is 0 Å². The lowest BCUT2D eigenvalue weighted by atomic mass is 9.82. The maximum Gasteiger partial charge on any atom is 0.345 e. The van der Waals surface area contributed by atoms with E-state index < -0.39 is 51.8 Å². The molecule has 1 atom stereocenters. The van der Waals surface area contributed by atoms with E-state index in [9.17, 15) is 29.3 Å². The fourth-order valence-corrected chi connectivity index (χ4v) is 3.15. The molecule has 1 amide bonds. The lowest BCUT2D eigenvalue weighted by Gasteiger charge is -2.18. The molecule has 0 aromatic heterocycles. The number of carbonyl (C=O) groups excluding carboxylic acids is 4. The summed E-state index contributed by atoms with van der Waals surface area (Å²) in [5.41, 5.74) is -1.76. The van der Waals surface area contributed by atoms with Crippen LogP contribution in [0.4, 0.5) is 5.69 Å². The summed E-state index contributed by atoms with van der Waals surface area (Å²) in [6.45, 7) is 3.01. The number of fused-ring (bicyclic) bond motifs is 2. The van der Waals surface area contributed by atoms with Gasteiger partial charge in [-0.05, 0) is 25.5 Å². The van der Waals surface area contributed by atoms with Gasteiger partial charge in [-0.1, -0.05) is 31.2 Å². The van der Waals surface area contributed by atoms with E-state index in [1.807, 2.05) is 6.92 Å². The Morgan fingerprint density at radius 1 is 1.07 bits per heavy atom. The standard InChI is InChI=1S/C21H18N2O7/c1-3-11(2)22-16(24)10-30-21(27)15-9-8-14-17(18(15)23(28)29)20(26)13-7-5-4-6-12(13)19(14)25/h4-9,11H,3,10H2,1-2H3,(H,22,24). The molecule has 0 bridgehead atoms. The molecule has 2 aromatic carbocycles. The molecule has 3 rings (SSSR count). The summed E-state index contributed by atoms with van der Waals surface area (Å²) in [5.74, 6) is -2.96. The quantitative estimate of drug-likeness (QED) is 0.375. The van der Waals surface area contributed by atoms with Crippen LogP contribution in [-0.2, 0) is 9.53 Å². The van der Waals surface area contributed by atoms with Crippen molar-refractivity contribution in [3.8, 4) is 0 Å². The third kappa shape index (κ3) is 3.69. The molecule has 1 aliphatic carbocycles.